The summed E-state index contributed by atoms with van der Waals surface area (Å²) in [6, 6.07) is 0. The van der Waals surface area contributed by atoms with Gasteiger partial charge in [0.25, 0.3) is 0 Å². The van der Waals surface area contributed by atoms with Crippen LogP contribution in [0.25, 0.3) is 0 Å². The Bertz CT molecular complexity index is 400. The molecule has 17 heavy (non-hydrogen) atoms. The van der Waals surface area contributed by atoms with Gasteiger partial charge in [-0.3, -0.25) is 0 Å². The molecule has 0 bridgehead atoms. The Kier molecular flexibility index (Phi) is 4.15. The van der Waals surface area contributed by atoms with Crippen molar-refractivity contribution in [3.63, 3.8) is 0 Å². The second-order valence-corrected chi connectivity index (χ2v) is 5.59. The normalized spacial score (nSPS) is 18.8. The van der Waals surface area contributed by atoms with Gasteiger partial charge >= 0.3 is 5.97 Å². The molecule has 94 valence electrons. The van der Waals surface area contributed by atoms with E-state index in [2.05, 4.69) is 11.9 Å². The molecule has 1 aliphatic carbocycles. The van der Waals surface area contributed by atoms with Crippen molar-refractivity contribution in [2.75, 3.05) is 6.61 Å². The summed E-state index contributed by atoms with van der Waals surface area (Å²) in [6.07, 6.45) is 5.86. The number of carbonyl (C=O) groups is 1. The minimum atomic E-state index is -0.265. The lowest BCUT2D eigenvalue weighted by atomic mass is 9.88. The first-order valence-electron chi connectivity index (χ1n) is 6.40. The lowest BCUT2D eigenvalue weighted by molar-refractivity contribution is 0.0525. The van der Waals surface area contributed by atoms with E-state index in [9.17, 15) is 4.79 Å². The number of thiazole rings is 1. The van der Waals surface area contributed by atoms with Crippen molar-refractivity contribution in [1.29, 1.82) is 0 Å². The van der Waals surface area contributed by atoms with Gasteiger partial charge in [-0.2, -0.15) is 0 Å². The van der Waals surface area contributed by atoms with Gasteiger partial charge in [0.1, 0.15) is 0 Å². The molecular weight excluding hydrogens is 234 g/mol. The number of hydrogen-bond donors (Lipinski definition) is 0. The van der Waals surface area contributed by atoms with Crippen LogP contribution >= 0.6 is 11.3 Å². The topological polar surface area (TPSA) is 39.2 Å². The van der Waals surface area contributed by atoms with Crippen molar-refractivity contribution in [1.82, 2.24) is 4.98 Å². The maximum Gasteiger partial charge on any atom is 0.367 e. The third-order valence-electron chi connectivity index (χ3n) is 3.19. The number of fused-ring (bicyclic) bond motifs is 1. The van der Waals surface area contributed by atoms with Gasteiger partial charge in [-0.15, -0.1) is 11.3 Å². The number of carbonyl (C=O) groups excluding carboxylic acids is 1. The molecule has 2 rings (SSSR count). The van der Waals surface area contributed by atoms with Crippen LogP contribution in [-0.4, -0.2) is 17.6 Å². The number of rotatable bonds is 4. The smallest absolute Gasteiger partial charge is 0.367 e. The molecule has 1 aromatic heterocycles. The molecule has 0 N–H and O–H groups in total. The van der Waals surface area contributed by atoms with Crippen molar-refractivity contribution in [2.24, 2.45) is 5.92 Å². The van der Waals surface area contributed by atoms with Gasteiger partial charge in [-0.1, -0.05) is 19.8 Å². The van der Waals surface area contributed by atoms with E-state index in [4.69, 9.17) is 4.74 Å². The molecule has 0 aliphatic heterocycles. The Morgan fingerprint density at radius 3 is 3.06 bits per heavy atom. The van der Waals surface area contributed by atoms with Crippen LogP contribution in [0.4, 0.5) is 0 Å². The Hall–Kier alpha value is -0.900. The van der Waals surface area contributed by atoms with Gasteiger partial charge in [-0.05, 0) is 32.1 Å². The molecule has 1 unspecified atom stereocenters. The van der Waals surface area contributed by atoms with Crippen LogP contribution < -0.4 is 0 Å². The van der Waals surface area contributed by atoms with Crippen LogP contribution in [0.5, 0.6) is 0 Å². The van der Waals surface area contributed by atoms with Crippen molar-refractivity contribution in [2.45, 2.75) is 46.0 Å². The summed E-state index contributed by atoms with van der Waals surface area (Å²) >= 11 is 1.53. The minimum absolute atomic E-state index is 0.265. The van der Waals surface area contributed by atoms with Gasteiger partial charge < -0.3 is 4.74 Å². The van der Waals surface area contributed by atoms with Crippen LogP contribution in [0, 0.1) is 5.92 Å². The Balaban J connectivity index is 2.09. The van der Waals surface area contributed by atoms with Gasteiger partial charge in [0.15, 0.2) is 0 Å². The van der Waals surface area contributed by atoms with Gasteiger partial charge in [-0.25, -0.2) is 9.78 Å². The number of aromatic nitrogens is 1. The zero-order valence-corrected chi connectivity index (χ0v) is 11.3. The molecular formula is C13H19NO2S. The molecule has 4 heteroatoms. The van der Waals surface area contributed by atoms with Gasteiger partial charge in [0.2, 0.25) is 5.01 Å². The maximum absolute atomic E-state index is 11.6. The zero-order valence-electron chi connectivity index (χ0n) is 10.5. The van der Waals surface area contributed by atoms with E-state index in [-0.39, 0.29) is 5.97 Å². The molecule has 0 saturated carbocycles. The van der Waals surface area contributed by atoms with Crippen molar-refractivity contribution in [3.05, 3.63) is 15.6 Å². The first-order valence-corrected chi connectivity index (χ1v) is 7.21. The highest BCUT2D eigenvalue weighted by Crippen LogP contribution is 2.32. The van der Waals surface area contributed by atoms with Gasteiger partial charge in [0, 0.05) is 4.88 Å². The summed E-state index contributed by atoms with van der Waals surface area (Å²) < 4.78 is 4.99. The van der Waals surface area contributed by atoms with Crippen molar-refractivity contribution in [3.8, 4) is 0 Å². The van der Waals surface area contributed by atoms with Crippen molar-refractivity contribution >= 4 is 17.3 Å². The first kappa shape index (κ1) is 12.6. The third-order valence-corrected chi connectivity index (χ3v) is 4.29. The van der Waals surface area contributed by atoms with E-state index < -0.39 is 0 Å². The second kappa shape index (κ2) is 5.63. The van der Waals surface area contributed by atoms with Crippen LogP contribution in [0.15, 0.2) is 0 Å². The van der Waals surface area contributed by atoms with Gasteiger partial charge in [0.05, 0.1) is 12.3 Å². The molecule has 0 radical (unpaired) electrons. The molecule has 0 fully saturated rings. The molecule has 1 aromatic rings. The number of nitrogens with zero attached hydrogens (tertiary/aromatic N) is 1. The van der Waals surface area contributed by atoms with E-state index >= 15 is 0 Å². The van der Waals surface area contributed by atoms with Crippen LogP contribution in [-0.2, 0) is 17.6 Å². The predicted octanol–water partition coefficient (Wildman–Crippen LogP) is 3.22. The Morgan fingerprint density at radius 1 is 1.53 bits per heavy atom. The largest absolute Gasteiger partial charge is 0.461 e. The SMILES string of the molecule is CCCC1CCc2nc(C(=O)OCC)sc2C1. The summed E-state index contributed by atoms with van der Waals surface area (Å²) in [5, 5.41) is 0.536. The van der Waals surface area contributed by atoms with Crippen LogP contribution in [0.1, 0.15) is 53.5 Å². The molecule has 1 heterocycles. The number of esters is 1. The molecule has 0 aromatic carbocycles. The lowest BCUT2D eigenvalue weighted by Crippen LogP contribution is -2.12. The summed E-state index contributed by atoms with van der Waals surface area (Å²) in [6.45, 7) is 4.47. The highest BCUT2D eigenvalue weighted by Gasteiger charge is 2.24. The first-order chi connectivity index (χ1) is 8.24. The predicted molar refractivity (Wildman–Crippen MR) is 68.5 cm³/mol. The fourth-order valence-corrected chi connectivity index (χ4v) is 3.49. The fourth-order valence-electron chi connectivity index (χ4n) is 2.38. The summed E-state index contributed by atoms with van der Waals surface area (Å²) in [7, 11) is 0. The van der Waals surface area contributed by atoms with Crippen molar-refractivity contribution < 1.29 is 9.53 Å². The third kappa shape index (κ3) is 2.86. The quantitative estimate of drug-likeness (QED) is 0.773. The zero-order chi connectivity index (χ0) is 12.3. The molecule has 1 aliphatic rings. The highest BCUT2D eigenvalue weighted by atomic mass is 32.1. The molecule has 0 amide bonds. The highest BCUT2D eigenvalue weighted by molar-refractivity contribution is 7.13. The van der Waals surface area contributed by atoms with Crippen LogP contribution in [0.3, 0.4) is 0 Å². The average molecular weight is 253 g/mol. The van der Waals surface area contributed by atoms with E-state index in [0.717, 1.165) is 24.5 Å². The summed E-state index contributed by atoms with van der Waals surface area (Å²) in [4.78, 5) is 17.3. The number of aryl methyl sites for hydroxylation is 1. The average Bonchev–Trinajstić information content (AvgIpc) is 2.73. The van der Waals surface area contributed by atoms with E-state index in [1.165, 1.54) is 35.5 Å². The standard InChI is InChI=1S/C13H19NO2S/c1-3-5-9-6-7-10-11(8-9)17-12(14-10)13(15)16-4-2/h9H,3-8H2,1-2H3. The second-order valence-electron chi connectivity index (χ2n) is 4.51. The Labute approximate surface area is 106 Å². The van der Waals surface area contributed by atoms with E-state index in [1.54, 1.807) is 0 Å². The lowest BCUT2D eigenvalue weighted by Gasteiger charge is -2.20. The maximum atomic E-state index is 11.6. The molecule has 0 saturated heterocycles. The van der Waals surface area contributed by atoms with Crippen LogP contribution in [0.2, 0.25) is 0 Å². The Morgan fingerprint density at radius 2 is 2.35 bits per heavy atom. The molecule has 0 spiro atoms. The van der Waals surface area contributed by atoms with E-state index in [0.29, 0.717) is 11.6 Å². The summed E-state index contributed by atoms with van der Waals surface area (Å²) in [5.41, 5.74) is 1.13. The summed E-state index contributed by atoms with van der Waals surface area (Å²) in [5.74, 6) is 0.516. The number of ether oxygens (including phenoxy) is 1. The molecule has 1 atom stereocenters. The number of hydrogen-bond acceptors (Lipinski definition) is 4. The van der Waals surface area contributed by atoms with E-state index in [1.807, 2.05) is 6.92 Å². The molecule has 3 nitrogen and oxygen atoms in total. The monoisotopic (exact) mass is 253 g/mol. The minimum Gasteiger partial charge on any atom is -0.461 e. The fraction of sp³-hybridized carbons (Fsp3) is 0.692.